The Kier molecular flexibility index (Phi) is 1.97. The Bertz CT molecular complexity index is 445. The second kappa shape index (κ2) is 3.16. The molecule has 1 aliphatic carbocycles. The van der Waals surface area contributed by atoms with Gasteiger partial charge in [-0.15, -0.1) is 0 Å². The predicted octanol–water partition coefficient (Wildman–Crippen LogP) is 3.11. The number of benzene rings is 1. The first-order valence-electron chi connectivity index (χ1n) is 6.06. The van der Waals surface area contributed by atoms with Gasteiger partial charge in [-0.1, -0.05) is 6.42 Å². The molecule has 2 heteroatoms. The Labute approximate surface area is 96.2 Å². The molecule has 1 spiro atoms. The van der Waals surface area contributed by atoms with Crippen LogP contribution in [0.2, 0.25) is 0 Å². The van der Waals surface area contributed by atoms with Crippen LogP contribution in [-0.4, -0.2) is 11.7 Å². The molecule has 16 heavy (non-hydrogen) atoms. The number of rotatable bonds is 0. The predicted molar refractivity (Wildman–Crippen MR) is 63.1 cm³/mol. The zero-order valence-corrected chi connectivity index (χ0v) is 9.97. The fourth-order valence-corrected chi connectivity index (χ4v) is 2.98. The lowest BCUT2D eigenvalue weighted by atomic mass is 9.64. The molecule has 2 aliphatic rings. The molecule has 86 valence electrons. The average Bonchev–Trinajstić information content (AvgIpc) is 2.24. The van der Waals surface area contributed by atoms with Gasteiger partial charge in [0.1, 0.15) is 11.5 Å². The van der Waals surface area contributed by atoms with Crippen LogP contribution in [0, 0.1) is 19.3 Å². The van der Waals surface area contributed by atoms with Crippen LogP contribution >= 0.6 is 0 Å². The summed E-state index contributed by atoms with van der Waals surface area (Å²) in [6.45, 7) is 4.80. The second-order valence-corrected chi connectivity index (χ2v) is 5.46. The van der Waals surface area contributed by atoms with Gasteiger partial charge in [-0.3, -0.25) is 0 Å². The van der Waals surface area contributed by atoms with E-state index in [1.165, 1.54) is 24.8 Å². The summed E-state index contributed by atoms with van der Waals surface area (Å²) in [5, 5.41) is 9.97. The van der Waals surface area contributed by atoms with Crippen molar-refractivity contribution in [3.63, 3.8) is 0 Å². The monoisotopic (exact) mass is 218 g/mol. The molecule has 1 fully saturated rings. The Hall–Kier alpha value is -1.18. The van der Waals surface area contributed by atoms with Crippen molar-refractivity contribution in [1.82, 2.24) is 0 Å². The van der Waals surface area contributed by atoms with Crippen molar-refractivity contribution < 1.29 is 9.84 Å². The van der Waals surface area contributed by atoms with Gasteiger partial charge in [0, 0.05) is 11.0 Å². The van der Waals surface area contributed by atoms with Crippen LogP contribution in [0.1, 0.15) is 36.0 Å². The maximum absolute atomic E-state index is 9.97. The fraction of sp³-hybridized carbons (Fsp3) is 0.571. The standard InChI is InChI=1S/C14H18O2/c1-9-6-12-11(10(2)13(9)15)7-14(8-16-12)4-3-5-14/h6,15H,3-5,7-8H2,1-2H3. The summed E-state index contributed by atoms with van der Waals surface area (Å²) in [5.74, 6) is 1.43. The zero-order valence-electron chi connectivity index (χ0n) is 9.97. The number of aromatic hydroxyl groups is 1. The summed E-state index contributed by atoms with van der Waals surface area (Å²) >= 11 is 0. The molecule has 1 heterocycles. The van der Waals surface area contributed by atoms with Gasteiger partial charge in [-0.2, -0.15) is 0 Å². The van der Waals surface area contributed by atoms with E-state index in [1.54, 1.807) is 0 Å². The number of hydrogen-bond acceptors (Lipinski definition) is 2. The minimum absolute atomic E-state index is 0.388. The molecular weight excluding hydrogens is 200 g/mol. The van der Waals surface area contributed by atoms with Crippen LogP contribution in [0.3, 0.4) is 0 Å². The number of phenols is 1. The molecule has 0 amide bonds. The molecule has 1 saturated carbocycles. The van der Waals surface area contributed by atoms with Gasteiger partial charge in [0.25, 0.3) is 0 Å². The molecule has 0 unspecified atom stereocenters. The SMILES string of the molecule is Cc1cc2c(c(C)c1O)CC1(CCC1)CO2. The molecule has 0 atom stereocenters. The van der Waals surface area contributed by atoms with Crippen molar-refractivity contribution in [3.05, 3.63) is 22.8 Å². The lowest BCUT2D eigenvalue weighted by Gasteiger charge is -2.45. The molecule has 1 aliphatic heterocycles. The molecular formula is C14H18O2. The summed E-state index contributed by atoms with van der Waals surface area (Å²) in [4.78, 5) is 0. The highest BCUT2D eigenvalue weighted by Crippen LogP contribution is 2.50. The first-order chi connectivity index (χ1) is 7.61. The topological polar surface area (TPSA) is 29.5 Å². The smallest absolute Gasteiger partial charge is 0.123 e. The summed E-state index contributed by atoms with van der Waals surface area (Å²) < 4.78 is 5.89. The van der Waals surface area contributed by atoms with E-state index in [4.69, 9.17) is 4.74 Å². The third kappa shape index (κ3) is 1.25. The van der Waals surface area contributed by atoms with Crippen molar-refractivity contribution in [2.75, 3.05) is 6.61 Å². The summed E-state index contributed by atoms with van der Waals surface area (Å²) in [7, 11) is 0. The van der Waals surface area contributed by atoms with Crippen molar-refractivity contribution in [2.45, 2.75) is 39.5 Å². The van der Waals surface area contributed by atoms with E-state index < -0.39 is 0 Å². The lowest BCUT2D eigenvalue weighted by Crippen LogP contribution is -2.40. The fourth-order valence-electron chi connectivity index (χ4n) is 2.98. The van der Waals surface area contributed by atoms with E-state index in [-0.39, 0.29) is 0 Å². The highest BCUT2D eigenvalue weighted by atomic mass is 16.5. The number of fused-ring (bicyclic) bond motifs is 1. The Morgan fingerprint density at radius 3 is 2.69 bits per heavy atom. The van der Waals surface area contributed by atoms with Crippen LogP contribution in [0.5, 0.6) is 11.5 Å². The van der Waals surface area contributed by atoms with Gasteiger partial charge < -0.3 is 9.84 Å². The quantitative estimate of drug-likeness (QED) is 0.725. The second-order valence-electron chi connectivity index (χ2n) is 5.46. The third-order valence-corrected chi connectivity index (χ3v) is 4.33. The molecule has 1 N–H and O–H groups in total. The lowest BCUT2D eigenvalue weighted by molar-refractivity contribution is 0.0406. The zero-order chi connectivity index (χ0) is 11.3. The van der Waals surface area contributed by atoms with Crippen molar-refractivity contribution in [2.24, 2.45) is 5.41 Å². The minimum Gasteiger partial charge on any atom is -0.507 e. The molecule has 2 nitrogen and oxygen atoms in total. The minimum atomic E-state index is 0.388. The maximum Gasteiger partial charge on any atom is 0.123 e. The van der Waals surface area contributed by atoms with E-state index in [0.717, 1.165) is 29.9 Å². The number of phenolic OH excluding ortho intramolecular Hbond substituents is 1. The molecule has 0 bridgehead atoms. The summed E-state index contributed by atoms with van der Waals surface area (Å²) in [5.41, 5.74) is 3.55. The van der Waals surface area contributed by atoms with E-state index in [9.17, 15) is 5.11 Å². The first-order valence-corrected chi connectivity index (χ1v) is 6.06. The van der Waals surface area contributed by atoms with Crippen LogP contribution in [0.4, 0.5) is 0 Å². The maximum atomic E-state index is 9.97. The Balaban J connectivity index is 2.06. The summed E-state index contributed by atoms with van der Waals surface area (Å²) in [6.07, 6.45) is 4.97. The molecule has 0 radical (unpaired) electrons. The van der Waals surface area contributed by atoms with Crippen LogP contribution in [-0.2, 0) is 6.42 Å². The van der Waals surface area contributed by atoms with Crippen LogP contribution in [0.15, 0.2) is 6.07 Å². The average molecular weight is 218 g/mol. The van der Waals surface area contributed by atoms with Crippen molar-refractivity contribution >= 4 is 0 Å². The van der Waals surface area contributed by atoms with Gasteiger partial charge >= 0.3 is 0 Å². The van der Waals surface area contributed by atoms with Gasteiger partial charge in [-0.25, -0.2) is 0 Å². The highest BCUT2D eigenvalue weighted by Gasteiger charge is 2.41. The first kappa shape index (κ1) is 10.0. The van der Waals surface area contributed by atoms with Crippen LogP contribution < -0.4 is 4.74 Å². The van der Waals surface area contributed by atoms with Crippen LogP contribution in [0.25, 0.3) is 0 Å². The van der Waals surface area contributed by atoms with Gasteiger partial charge in [-0.05, 0) is 50.3 Å². The highest BCUT2D eigenvalue weighted by molar-refractivity contribution is 5.53. The van der Waals surface area contributed by atoms with E-state index in [2.05, 4.69) is 0 Å². The molecule has 1 aromatic carbocycles. The number of hydrogen-bond donors (Lipinski definition) is 1. The normalized spacial score (nSPS) is 21.1. The van der Waals surface area contributed by atoms with Gasteiger partial charge in [0.2, 0.25) is 0 Å². The van der Waals surface area contributed by atoms with E-state index >= 15 is 0 Å². The molecule has 3 rings (SSSR count). The van der Waals surface area contributed by atoms with E-state index in [1.807, 2.05) is 19.9 Å². The third-order valence-electron chi connectivity index (χ3n) is 4.33. The summed E-state index contributed by atoms with van der Waals surface area (Å²) in [6, 6.07) is 1.98. The number of ether oxygens (including phenoxy) is 1. The van der Waals surface area contributed by atoms with Crippen molar-refractivity contribution in [1.29, 1.82) is 0 Å². The Morgan fingerprint density at radius 1 is 1.31 bits per heavy atom. The van der Waals surface area contributed by atoms with Crippen molar-refractivity contribution in [3.8, 4) is 11.5 Å². The van der Waals surface area contributed by atoms with Gasteiger partial charge in [0.05, 0.1) is 6.61 Å². The van der Waals surface area contributed by atoms with Gasteiger partial charge in [0.15, 0.2) is 0 Å². The molecule has 0 aromatic heterocycles. The number of aryl methyl sites for hydroxylation is 1. The Morgan fingerprint density at radius 2 is 2.06 bits per heavy atom. The molecule has 1 aromatic rings. The van der Waals surface area contributed by atoms with E-state index in [0.29, 0.717) is 11.2 Å². The largest absolute Gasteiger partial charge is 0.507 e. The molecule has 0 saturated heterocycles.